The third-order valence-electron chi connectivity index (χ3n) is 9.17. The zero-order chi connectivity index (χ0) is 16.5. The van der Waals surface area contributed by atoms with Gasteiger partial charge in [-0.3, -0.25) is 0 Å². The van der Waals surface area contributed by atoms with Crippen LogP contribution < -0.4 is 0 Å². The second-order valence-corrected chi connectivity index (χ2v) is 11.3. The van der Waals surface area contributed by atoms with Crippen LogP contribution in [0.2, 0.25) is 0 Å². The van der Waals surface area contributed by atoms with Crippen LogP contribution in [0.15, 0.2) is 24.7 Å². The summed E-state index contributed by atoms with van der Waals surface area (Å²) >= 11 is 0. The summed E-state index contributed by atoms with van der Waals surface area (Å²) in [6.07, 6.45) is 26.9. The van der Waals surface area contributed by atoms with E-state index < -0.39 is 0 Å². The molecule has 8 bridgehead atoms. The van der Waals surface area contributed by atoms with Crippen molar-refractivity contribution in [3.63, 3.8) is 0 Å². The lowest BCUT2D eigenvalue weighted by molar-refractivity contribution is -0.0256. The highest BCUT2D eigenvalue weighted by molar-refractivity contribution is 5.11. The number of allylic oxidation sites excluding steroid dienone is 2. The first-order valence-electron chi connectivity index (χ1n) is 11.2. The minimum Gasteiger partial charge on any atom is -0.473 e. The fraction of sp³-hybridized carbons (Fsp3) is 0.833. The highest BCUT2D eigenvalue weighted by Crippen LogP contribution is 2.61. The lowest BCUT2D eigenvalue weighted by Gasteiger charge is -2.55. The third kappa shape index (κ3) is 2.63. The van der Waals surface area contributed by atoms with Gasteiger partial charge in [-0.15, -0.1) is 0 Å². The number of hydrogen-bond donors (Lipinski definition) is 0. The molecule has 1 nitrogen and oxygen atoms in total. The molecule has 0 radical (unpaired) electrons. The normalized spacial score (nSPS) is 55.7. The topological polar surface area (TPSA) is 9.23 Å². The first-order valence-corrected chi connectivity index (χ1v) is 11.2. The van der Waals surface area contributed by atoms with Crippen LogP contribution in [0, 0.1) is 46.3 Å². The fourth-order valence-corrected chi connectivity index (χ4v) is 9.18. The molecule has 0 aromatic rings. The highest BCUT2D eigenvalue weighted by Gasteiger charge is 2.50. The van der Waals surface area contributed by atoms with Crippen LogP contribution in [0.25, 0.3) is 0 Å². The molecule has 8 fully saturated rings. The fourth-order valence-electron chi connectivity index (χ4n) is 9.18. The summed E-state index contributed by atoms with van der Waals surface area (Å²) in [5.74, 6) is 6.16. The van der Waals surface area contributed by atoms with Gasteiger partial charge < -0.3 is 4.74 Å². The van der Waals surface area contributed by atoms with E-state index in [0.717, 1.165) is 35.5 Å². The van der Waals surface area contributed by atoms with Crippen molar-refractivity contribution < 1.29 is 4.74 Å². The Morgan fingerprint density at radius 2 is 0.760 bits per heavy atom. The molecule has 8 aliphatic rings. The molecule has 0 aromatic carbocycles. The van der Waals surface area contributed by atoms with E-state index in [4.69, 9.17) is 4.74 Å². The van der Waals surface area contributed by atoms with E-state index in [1.54, 1.807) is 0 Å². The maximum absolute atomic E-state index is 5.95. The maximum Gasteiger partial charge on any atom is 0.0866 e. The van der Waals surface area contributed by atoms with Gasteiger partial charge in [-0.25, -0.2) is 0 Å². The standard InChI is InChI=1S/C24H34O/c1(23-11-17-5-18(12-23)7-19(6-17)13-23)3-25-4-2-24-14-20-8-21(15-24)10-22(9-20)16-24/h1-4,17-22H,5-16H2. The van der Waals surface area contributed by atoms with Crippen molar-refractivity contribution in [1.82, 2.24) is 0 Å². The smallest absolute Gasteiger partial charge is 0.0866 e. The lowest BCUT2D eigenvalue weighted by Crippen LogP contribution is -2.45. The van der Waals surface area contributed by atoms with Gasteiger partial charge in [0.05, 0.1) is 12.5 Å². The van der Waals surface area contributed by atoms with Crippen LogP contribution in [0.1, 0.15) is 77.0 Å². The Bertz CT molecular complexity index is 475. The Kier molecular flexibility index (Phi) is 3.31. The molecule has 0 saturated heterocycles. The molecule has 1 heteroatoms. The van der Waals surface area contributed by atoms with E-state index in [-0.39, 0.29) is 0 Å². The molecular formula is C24H34O. The summed E-state index contributed by atoms with van der Waals surface area (Å²) < 4.78 is 5.95. The molecule has 0 aromatic heterocycles. The molecule has 0 heterocycles. The van der Waals surface area contributed by atoms with Crippen molar-refractivity contribution >= 4 is 0 Å². The Hall–Kier alpha value is -0.720. The van der Waals surface area contributed by atoms with Crippen molar-refractivity contribution in [3.8, 4) is 0 Å². The van der Waals surface area contributed by atoms with Gasteiger partial charge in [0, 0.05) is 0 Å². The van der Waals surface area contributed by atoms with E-state index in [1.165, 1.54) is 77.0 Å². The SMILES string of the molecule is C(=CC12CC3CC(CC(C3)C1)C2)OC=CC12CC3CC(CC(C3)C1)C2. The first kappa shape index (κ1) is 15.3. The van der Waals surface area contributed by atoms with Crippen LogP contribution >= 0.6 is 0 Å². The summed E-state index contributed by atoms with van der Waals surface area (Å²) in [6.45, 7) is 0. The molecule has 0 spiro atoms. The molecule has 0 unspecified atom stereocenters. The van der Waals surface area contributed by atoms with Gasteiger partial charge in [-0.1, -0.05) is 0 Å². The van der Waals surface area contributed by atoms with E-state index in [0.29, 0.717) is 10.8 Å². The monoisotopic (exact) mass is 338 g/mol. The van der Waals surface area contributed by atoms with Crippen molar-refractivity contribution in [2.24, 2.45) is 46.3 Å². The van der Waals surface area contributed by atoms with Crippen molar-refractivity contribution in [3.05, 3.63) is 24.7 Å². The third-order valence-corrected chi connectivity index (χ3v) is 9.17. The predicted molar refractivity (Wildman–Crippen MR) is 101 cm³/mol. The summed E-state index contributed by atoms with van der Waals surface area (Å²) in [6, 6.07) is 0. The number of ether oxygens (including phenoxy) is 1. The summed E-state index contributed by atoms with van der Waals surface area (Å²) in [4.78, 5) is 0. The average Bonchev–Trinajstić information content (AvgIpc) is 2.51. The first-order chi connectivity index (χ1) is 12.2. The van der Waals surface area contributed by atoms with E-state index in [1.807, 2.05) is 0 Å². The Balaban J connectivity index is 1.10. The van der Waals surface area contributed by atoms with Crippen LogP contribution in [-0.4, -0.2) is 0 Å². The van der Waals surface area contributed by atoms with Crippen molar-refractivity contribution in [2.75, 3.05) is 0 Å². The molecule has 0 N–H and O–H groups in total. The van der Waals surface area contributed by atoms with Gasteiger partial charge in [0.1, 0.15) is 0 Å². The molecule has 136 valence electrons. The van der Waals surface area contributed by atoms with Gasteiger partial charge in [0.15, 0.2) is 0 Å². The van der Waals surface area contributed by atoms with E-state index in [9.17, 15) is 0 Å². The van der Waals surface area contributed by atoms with Gasteiger partial charge >= 0.3 is 0 Å². The van der Waals surface area contributed by atoms with Crippen LogP contribution in [0.4, 0.5) is 0 Å². The lowest BCUT2D eigenvalue weighted by atomic mass is 9.50. The molecule has 8 rings (SSSR count). The van der Waals surface area contributed by atoms with Crippen LogP contribution in [0.3, 0.4) is 0 Å². The largest absolute Gasteiger partial charge is 0.473 e. The number of hydrogen-bond acceptors (Lipinski definition) is 1. The summed E-state index contributed by atoms with van der Waals surface area (Å²) in [5, 5.41) is 0. The van der Waals surface area contributed by atoms with Gasteiger partial charge in [0.2, 0.25) is 0 Å². The Morgan fingerprint density at radius 1 is 0.480 bits per heavy atom. The minimum atomic E-state index is 0.503. The second-order valence-electron chi connectivity index (χ2n) is 11.3. The van der Waals surface area contributed by atoms with Crippen molar-refractivity contribution in [1.29, 1.82) is 0 Å². The molecule has 25 heavy (non-hydrogen) atoms. The molecule has 8 aliphatic carbocycles. The average molecular weight is 339 g/mol. The second kappa shape index (κ2) is 5.40. The molecule has 8 saturated carbocycles. The number of rotatable bonds is 4. The summed E-state index contributed by atoms with van der Waals surface area (Å²) in [5.41, 5.74) is 1.01. The van der Waals surface area contributed by atoms with E-state index >= 15 is 0 Å². The highest BCUT2D eigenvalue weighted by atomic mass is 16.5. The van der Waals surface area contributed by atoms with Crippen LogP contribution in [-0.2, 0) is 4.74 Å². The molecule has 0 atom stereocenters. The minimum absolute atomic E-state index is 0.503. The predicted octanol–water partition coefficient (Wildman–Crippen LogP) is 6.46. The zero-order valence-electron chi connectivity index (χ0n) is 15.7. The summed E-state index contributed by atoms with van der Waals surface area (Å²) in [7, 11) is 0. The van der Waals surface area contributed by atoms with Gasteiger partial charge in [-0.05, 0) is 136 Å². The molecule has 0 aliphatic heterocycles. The van der Waals surface area contributed by atoms with Crippen LogP contribution in [0.5, 0.6) is 0 Å². The molecular weight excluding hydrogens is 304 g/mol. The van der Waals surface area contributed by atoms with Crippen molar-refractivity contribution in [2.45, 2.75) is 77.0 Å². The quantitative estimate of drug-likeness (QED) is 0.534. The van der Waals surface area contributed by atoms with E-state index in [2.05, 4.69) is 24.7 Å². The Morgan fingerprint density at radius 3 is 1.04 bits per heavy atom. The van der Waals surface area contributed by atoms with Gasteiger partial charge in [0.25, 0.3) is 0 Å². The van der Waals surface area contributed by atoms with Gasteiger partial charge in [-0.2, -0.15) is 0 Å². The molecule has 0 amide bonds. The maximum atomic E-state index is 5.95. The zero-order valence-corrected chi connectivity index (χ0v) is 15.7. The Labute approximate surface area is 153 Å².